The van der Waals surface area contributed by atoms with E-state index in [0.717, 1.165) is 5.57 Å². The lowest BCUT2D eigenvalue weighted by Gasteiger charge is -2.64. The van der Waals surface area contributed by atoms with Crippen molar-refractivity contribution in [1.82, 2.24) is 0 Å². The average molecular weight is 1290 g/mol. The Morgan fingerprint density at radius 1 is 0.506 bits per heavy atom. The molecule has 4 saturated carbocycles. The zero-order valence-electron chi connectivity index (χ0n) is 50.2. The molecule has 0 aromatic carbocycles. The Hall–Kier alpha value is -1.95. The Morgan fingerprint density at radius 2 is 0.944 bits per heavy atom. The summed E-state index contributed by atoms with van der Waals surface area (Å²) < 4.78 is 60.3. The SMILES string of the molecule is C=C1CC23CCC4C(C)(C(=O)OC5OC(CO)C(O)C(OC6OC(CO)C(O)C(O)C6O)C5OC(O)C(O)C(O)C(O)C(C)C)CCCC4(C)C2CCC1(CC1OC(CO)C(O)C(OC2OC(CO)C(O)C(O)C2O)C1OC1OC(CO)C(O)C(O)C1O)C3. The fourth-order valence-corrected chi connectivity index (χ4v) is 16.8. The van der Waals surface area contributed by atoms with Crippen LogP contribution in [0.5, 0.6) is 0 Å². The summed E-state index contributed by atoms with van der Waals surface area (Å²) in [5, 5.41) is 216. The minimum atomic E-state index is -2.45. The molecule has 5 saturated heterocycles. The molecule has 9 rings (SSSR count). The number of esters is 1. The molecular weight excluding hydrogens is 1190 g/mol. The molecule has 5 aliphatic heterocycles. The number of rotatable bonds is 21. The Kier molecular flexibility index (Phi) is 22.5. The smallest absolute Gasteiger partial charge is 0.314 e. The van der Waals surface area contributed by atoms with E-state index in [4.69, 9.17) is 47.4 Å². The van der Waals surface area contributed by atoms with Crippen LogP contribution in [0.4, 0.5) is 0 Å². The van der Waals surface area contributed by atoms with E-state index in [2.05, 4.69) is 13.5 Å². The number of hydrogen-bond donors (Lipinski definition) is 20. The fourth-order valence-electron chi connectivity index (χ4n) is 16.8. The average Bonchev–Trinajstić information content (AvgIpc) is 1.65. The van der Waals surface area contributed by atoms with Gasteiger partial charge in [-0.1, -0.05) is 39.3 Å². The molecule has 5 heterocycles. The third-order valence-corrected chi connectivity index (χ3v) is 21.8. The highest BCUT2D eigenvalue weighted by Gasteiger charge is 2.69. The van der Waals surface area contributed by atoms with Gasteiger partial charge in [-0.3, -0.25) is 4.79 Å². The third kappa shape index (κ3) is 13.0. The lowest BCUT2D eigenvalue weighted by atomic mass is 9.40. The molecule has 20 N–H and O–H groups in total. The van der Waals surface area contributed by atoms with Crippen molar-refractivity contribution in [2.45, 2.75) is 270 Å². The van der Waals surface area contributed by atoms with Gasteiger partial charge in [0.25, 0.3) is 0 Å². The van der Waals surface area contributed by atoms with E-state index in [0.29, 0.717) is 51.4 Å². The Balaban J connectivity index is 0.987. The van der Waals surface area contributed by atoms with E-state index in [1.165, 1.54) is 13.8 Å². The van der Waals surface area contributed by atoms with Crippen molar-refractivity contribution < 1.29 is 154 Å². The normalized spacial score (nSPS) is 50.8. The maximum atomic E-state index is 15.4. The minimum absolute atomic E-state index is 0.0581. The topological polar surface area (TPSA) is 514 Å². The maximum Gasteiger partial charge on any atom is 0.314 e. The number of fused-ring (bicyclic) bond motifs is 3. The van der Waals surface area contributed by atoms with Gasteiger partial charge in [-0.25, -0.2) is 0 Å². The van der Waals surface area contributed by atoms with E-state index >= 15 is 4.79 Å². The van der Waals surface area contributed by atoms with Crippen molar-refractivity contribution in [1.29, 1.82) is 0 Å². The van der Waals surface area contributed by atoms with Crippen LogP contribution in [-0.2, 0) is 52.2 Å². The molecule has 1 spiro atoms. The predicted molar refractivity (Wildman–Crippen MR) is 293 cm³/mol. The minimum Gasteiger partial charge on any atom is -0.432 e. The number of aliphatic hydroxyl groups is 20. The van der Waals surface area contributed by atoms with Crippen LogP contribution in [0, 0.1) is 39.4 Å². The van der Waals surface area contributed by atoms with Crippen LogP contribution >= 0.6 is 0 Å². The molecular formula is C58H96O31. The lowest BCUT2D eigenvalue weighted by molar-refractivity contribution is -0.376. The number of ether oxygens (including phenoxy) is 10. The van der Waals surface area contributed by atoms with Crippen molar-refractivity contribution in [2.24, 2.45) is 39.4 Å². The molecule has 2 bridgehead atoms. The van der Waals surface area contributed by atoms with Gasteiger partial charge in [0.1, 0.15) is 128 Å². The van der Waals surface area contributed by atoms with E-state index in [1.807, 2.05) is 0 Å². The summed E-state index contributed by atoms with van der Waals surface area (Å²) in [6, 6.07) is 0. The van der Waals surface area contributed by atoms with Gasteiger partial charge in [0, 0.05) is 0 Å². The van der Waals surface area contributed by atoms with Crippen molar-refractivity contribution >= 4 is 5.97 Å². The van der Waals surface area contributed by atoms with E-state index < -0.39 is 250 Å². The van der Waals surface area contributed by atoms with Crippen molar-refractivity contribution in [3.05, 3.63) is 12.2 Å². The van der Waals surface area contributed by atoms with Gasteiger partial charge in [0.05, 0.1) is 50.7 Å². The van der Waals surface area contributed by atoms with E-state index in [-0.39, 0.29) is 18.8 Å². The number of allylic oxidation sites excluding steroid dienone is 1. The number of carbonyl (C=O) groups is 1. The van der Waals surface area contributed by atoms with Crippen molar-refractivity contribution in [2.75, 3.05) is 33.0 Å². The van der Waals surface area contributed by atoms with E-state index in [9.17, 15) is 102 Å². The van der Waals surface area contributed by atoms with Crippen molar-refractivity contribution in [3.63, 3.8) is 0 Å². The summed E-state index contributed by atoms with van der Waals surface area (Å²) in [5.74, 6) is -1.96. The zero-order valence-corrected chi connectivity index (χ0v) is 50.2. The number of aliphatic hydroxyl groups excluding tert-OH is 20. The van der Waals surface area contributed by atoms with Gasteiger partial charge in [0.15, 0.2) is 31.3 Å². The number of hydrogen-bond acceptors (Lipinski definition) is 31. The summed E-state index contributed by atoms with van der Waals surface area (Å²) in [4.78, 5) is 15.4. The molecule has 0 aromatic heterocycles. The maximum absolute atomic E-state index is 15.4. The largest absolute Gasteiger partial charge is 0.432 e. The summed E-state index contributed by atoms with van der Waals surface area (Å²) in [6.07, 6.45) is -48.5. The third-order valence-electron chi connectivity index (χ3n) is 21.8. The molecule has 89 heavy (non-hydrogen) atoms. The summed E-state index contributed by atoms with van der Waals surface area (Å²) in [7, 11) is 0. The molecule has 35 atom stereocenters. The Bertz CT molecular complexity index is 2360. The van der Waals surface area contributed by atoms with Crippen LogP contribution in [0.15, 0.2) is 12.2 Å². The first-order valence-corrected chi connectivity index (χ1v) is 31.0. The highest BCUT2D eigenvalue weighted by Crippen LogP contribution is 2.76. The van der Waals surface area contributed by atoms with Crippen molar-refractivity contribution in [3.8, 4) is 0 Å². The Morgan fingerprint density at radius 3 is 1.43 bits per heavy atom. The van der Waals surface area contributed by atoms with Crippen LogP contribution in [0.1, 0.15) is 91.9 Å². The monoisotopic (exact) mass is 1290 g/mol. The molecule has 31 nitrogen and oxygen atoms in total. The second-order valence-electron chi connectivity index (χ2n) is 27.4. The summed E-state index contributed by atoms with van der Waals surface area (Å²) >= 11 is 0. The second-order valence-corrected chi connectivity index (χ2v) is 27.4. The van der Waals surface area contributed by atoms with Crippen LogP contribution in [0.2, 0.25) is 0 Å². The fraction of sp³-hybridized carbons (Fsp3) is 0.948. The summed E-state index contributed by atoms with van der Waals surface area (Å²) in [6.45, 7) is 7.29. The quantitative estimate of drug-likeness (QED) is 0.0288. The first-order valence-electron chi connectivity index (χ1n) is 31.0. The molecule has 35 unspecified atom stereocenters. The first-order chi connectivity index (χ1) is 41.9. The predicted octanol–water partition coefficient (Wildman–Crippen LogP) is -7.54. The second kappa shape index (κ2) is 28.0. The van der Waals surface area contributed by atoms with Gasteiger partial charge in [0.2, 0.25) is 6.29 Å². The van der Waals surface area contributed by atoms with Crippen LogP contribution in [0.25, 0.3) is 0 Å². The molecule has 4 aliphatic carbocycles. The molecule has 514 valence electrons. The lowest BCUT2D eigenvalue weighted by Crippen LogP contribution is -2.67. The molecule has 31 heteroatoms. The molecule has 0 amide bonds. The molecule has 0 aromatic rings. The van der Waals surface area contributed by atoms with Gasteiger partial charge in [-0.05, 0) is 98.7 Å². The van der Waals surface area contributed by atoms with Gasteiger partial charge in [-0.2, -0.15) is 0 Å². The van der Waals surface area contributed by atoms with Crippen LogP contribution < -0.4 is 0 Å². The first kappa shape index (κ1) is 71.3. The highest BCUT2D eigenvalue weighted by atomic mass is 16.8. The summed E-state index contributed by atoms with van der Waals surface area (Å²) in [5.41, 5.74) is -2.31. The zero-order chi connectivity index (χ0) is 65.3. The molecule has 0 radical (unpaired) electrons. The number of carbonyl (C=O) groups excluding carboxylic acids is 1. The van der Waals surface area contributed by atoms with Crippen LogP contribution in [-0.4, -0.2) is 319 Å². The van der Waals surface area contributed by atoms with Crippen LogP contribution in [0.3, 0.4) is 0 Å². The van der Waals surface area contributed by atoms with Gasteiger partial charge < -0.3 is 149 Å². The standard InChI is InChI=1S/C58H96O31/c1-21(2)31(64)37(70)41(74)49(78)85-48-47(88-52-44(77)40(73)34(67)26(17-61)83-52)36(69)28(19-63)84-53(48)89-54(79)56(5)10-6-9-55(4)29(56)7-12-58-13-22(3)57(20-58,11-8-30(55)58)14-23-45(86-50-42(75)38(71)32(65)24(15-59)81-50)46(35(68)27(18-62)80-23)87-51-43(76)39(72)33(66)25(16-60)82-51/h21,23-53,59-78H,3,6-20H2,1-2,4-5H3. The highest BCUT2D eigenvalue weighted by molar-refractivity contribution is 5.77. The molecule has 9 aliphatic rings. The Labute approximate surface area is 513 Å². The van der Waals surface area contributed by atoms with E-state index in [1.54, 1.807) is 6.92 Å². The molecule has 9 fully saturated rings. The van der Waals surface area contributed by atoms with Gasteiger partial charge in [-0.15, -0.1) is 0 Å². The van der Waals surface area contributed by atoms with Gasteiger partial charge >= 0.3 is 5.97 Å².